The Morgan fingerprint density at radius 3 is 2.32 bits per heavy atom. The smallest absolute Gasteiger partial charge is 0.415 e. The van der Waals surface area contributed by atoms with Gasteiger partial charge in [-0.1, -0.05) is 62.7 Å². The molecule has 2 heterocycles. The van der Waals surface area contributed by atoms with Crippen molar-refractivity contribution in [1.82, 2.24) is 4.98 Å². The molecule has 5 rings (SSSR count). The van der Waals surface area contributed by atoms with E-state index in [1.807, 2.05) is 87.5 Å². The zero-order valence-electron chi connectivity index (χ0n) is 28.4. The van der Waals surface area contributed by atoms with Gasteiger partial charge in [0.05, 0.1) is 17.1 Å². The number of aromatic amines is 1. The predicted octanol–water partition coefficient (Wildman–Crippen LogP) is 9.72. The summed E-state index contributed by atoms with van der Waals surface area (Å²) in [5.41, 5.74) is 3.11. The molecule has 1 aliphatic rings. The summed E-state index contributed by atoms with van der Waals surface area (Å²) in [4.78, 5) is 32.1. The van der Waals surface area contributed by atoms with Crippen molar-refractivity contribution in [3.05, 3.63) is 88.6 Å². The molecular weight excluding hydrogens is 632 g/mol. The zero-order valence-corrected chi connectivity index (χ0v) is 30.0. The molecule has 0 bridgehead atoms. The Hall–Kier alpha value is -3.62. The topological polar surface area (TPSA) is 91.9 Å². The van der Waals surface area contributed by atoms with Gasteiger partial charge in [-0.05, 0) is 88.6 Å². The Bertz CT molecular complexity index is 1770. The first-order chi connectivity index (χ1) is 21.9. The third kappa shape index (κ3) is 8.28. The second-order valence-corrected chi connectivity index (χ2v) is 17.2. The van der Waals surface area contributed by atoms with Crippen LogP contribution in [0.2, 0.25) is 5.02 Å². The summed E-state index contributed by atoms with van der Waals surface area (Å²) in [7, 11) is 0. The van der Waals surface area contributed by atoms with Crippen LogP contribution in [-0.2, 0) is 28.8 Å². The fourth-order valence-electron chi connectivity index (χ4n) is 5.88. The molecule has 2 N–H and O–H groups in total. The molecule has 3 aromatic carbocycles. The summed E-state index contributed by atoms with van der Waals surface area (Å²) in [6.45, 7) is 15.5. The van der Waals surface area contributed by atoms with Gasteiger partial charge in [0.1, 0.15) is 17.5 Å². The third-order valence-electron chi connectivity index (χ3n) is 8.07. The molecule has 0 saturated carbocycles. The van der Waals surface area contributed by atoms with Gasteiger partial charge in [-0.2, -0.15) is 0 Å². The molecule has 7 nitrogen and oxygen atoms in total. The summed E-state index contributed by atoms with van der Waals surface area (Å²) in [6, 6.07) is 21.3. The number of amides is 1. The molecule has 1 aliphatic heterocycles. The number of H-pyrrole nitrogens is 1. The lowest BCUT2D eigenvalue weighted by molar-refractivity contribution is -0.146. The average Bonchev–Trinajstić information content (AvgIpc) is 3.50. The normalized spacial score (nSPS) is 15.9. The minimum absolute atomic E-state index is 0.116. The largest absolute Gasteiger partial charge is 0.488 e. The van der Waals surface area contributed by atoms with E-state index in [1.54, 1.807) is 30.5 Å². The Labute approximate surface area is 287 Å². The first kappa shape index (κ1) is 34.7. The van der Waals surface area contributed by atoms with E-state index in [1.165, 1.54) is 0 Å². The lowest BCUT2D eigenvalue weighted by Gasteiger charge is -2.34. The molecule has 0 aliphatic carbocycles. The van der Waals surface area contributed by atoms with Gasteiger partial charge >= 0.3 is 12.1 Å². The quantitative estimate of drug-likeness (QED) is 0.172. The van der Waals surface area contributed by atoms with E-state index in [9.17, 15) is 14.7 Å². The van der Waals surface area contributed by atoms with E-state index in [0.29, 0.717) is 30.0 Å². The minimum Gasteiger partial charge on any atom is -0.488 e. The van der Waals surface area contributed by atoms with Crippen LogP contribution in [0.15, 0.2) is 71.6 Å². The SMILES string of the molecule is CC(C)(C)OC(=O)N1c2ccccc2CC1C(Cc1ccc(Cl)cc1)Oc1ccc2[nH]c(CC(C)(C)C(=O)O)c(SC(C)(C)C)c2c1. The molecule has 0 radical (unpaired) electrons. The number of halogens is 1. The maximum atomic E-state index is 13.8. The Morgan fingerprint density at radius 2 is 1.68 bits per heavy atom. The molecule has 4 aromatic rings. The van der Waals surface area contributed by atoms with Gasteiger partial charge in [0, 0.05) is 44.1 Å². The van der Waals surface area contributed by atoms with Crippen LogP contribution >= 0.6 is 23.4 Å². The highest BCUT2D eigenvalue weighted by Gasteiger charge is 2.42. The van der Waals surface area contributed by atoms with Gasteiger partial charge in [0.2, 0.25) is 0 Å². The molecule has 1 aromatic heterocycles. The van der Waals surface area contributed by atoms with Crippen LogP contribution in [0.1, 0.15) is 72.2 Å². The average molecular weight is 677 g/mol. The second-order valence-electron chi connectivity index (χ2n) is 15.0. The molecule has 250 valence electrons. The van der Waals surface area contributed by atoms with Crippen molar-refractivity contribution in [1.29, 1.82) is 0 Å². The number of hydrogen-bond acceptors (Lipinski definition) is 5. The van der Waals surface area contributed by atoms with Crippen LogP contribution < -0.4 is 9.64 Å². The fraction of sp³-hybridized carbons (Fsp3) is 0.421. The molecule has 2 atom stereocenters. The number of carbonyl (C=O) groups excluding carboxylic acids is 1. The highest BCUT2D eigenvalue weighted by atomic mass is 35.5. The van der Waals surface area contributed by atoms with E-state index < -0.39 is 29.2 Å². The Kier molecular flexibility index (Phi) is 9.69. The van der Waals surface area contributed by atoms with Crippen molar-refractivity contribution < 1.29 is 24.2 Å². The van der Waals surface area contributed by atoms with Gasteiger partial charge in [-0.15, -0.1) is 11.8 Å². The summed E-state index contributed by atoms with van der Waals surface area (Å²) < 4.78 is 12.7. The van der Waals surface area contributed by atoms with Crippen LogP contribution in [-0.4, -0.2) is 44.6 Å². The number of aliphatic carboxylic acids is 1. The van der Waals surface area contributed by atoms with Crippen molar-refractivity contribution in [2.45, 2.75) is 102 Å². The van der Waals surface area contributed by atoms with Gasteiger partial charge in [-0.25, -0.2) is 4.79 Å². The third-order valence-corrected chi connectivity index (χ3v) is 9.60. The molecule has 0 spiro atoms. The number of ether oxygens (including phenoxy) is 2. The van der Waals surface area contributed by atoms with Gasteiger partial charge < -0.3 is 19.6 Å². The molecule has 1 amide bonds. The van der Waals surface area contributed by atoms with E-state index in [4.69, 9.17) is 21.1 Å². The minimum atomic E-state index is -0.945. The standard InChI is InChI=1S/C38H45ClN2O5S/c1-36(2,3)46-35(44)41-30-12-10-9-11-24(30)20-31(41)32(19-23-13-15-25(39)16-14-23)45-26-17-18-28-27(21-26)33(47-37(4,5)6)29(40-28)22-38(7,8)34(42)43/h9-18,21,31-32,40H,19-20,22H2,1-8H3,(H,42,43). The maximum absolute atomic E-state index is 13.8. The number of hydrogen-bond donors (Lipinski definition) is 2. The summed E-state index contributed by atoms with van der Waals surface area (Å²) in [6.07, 6.45) is 0.654. The molecule has 2 unspecified atom stereocenters. The summed E-state index contributed by atoms with van der Waals surface area (Å²) in [5, 5.41) is 11.5. The summed E-state index contributed by atoms with van der Waals surface area (Å²) >= 11 is 7.94. The van der Waals surface area contributed by atoms with Crippen molar-refractivity contribution in [3.63, 3.8) is 0 Å². The van der Waals surface area contributed by atoms with Crippen LogP contribution in [0, 0.1) is 5.41 Å². The number of nitrogens with zero attached hydrogens (tertiary/aromatic N) is 1. The molecule has 0 fully saturated rings. The first-order valence-electron chi connectivity index (χ1n) is 16.0. The number of thioether (sulfide) groups is 1. The van der Waals surface area contributed by atoms with Crippen molar-refractivity contribution in [2.75, 3.05) is 4.90 Å². The van der Waals surface area contributed by atoms with E-state index in [0.717, 1.165) is 38.3 Å². The van der Waals surface area contributed by atoms with Gasteiger partial charge in [-0.3, -0.25) is 9.69 Å². The lowest BCUT2D eigenvalue weighted by Crippen LogP contribution is -2.50. The fourth-order valence-corrected chi connectivity index (χ4v) is 7.14. The van der Waals surface area contributed by atoms with Crippen LogP contribution in [0.25, 0.3) is 10.9 Å². The van der Waals surface area contributed by atoms with E-state index >= 15 is 0 Å². The number of carboxylic acids is 1. The number of nitrogens with one attached hydrogen (secondary N) is 1. The van der Waals surface area contributed by atoms with Crippen molar-refractivity contribution >= 4 is 52.0 Å². The predicted molar refractivity (Wildman–Crippen MR) is 191 cm³/mol. The number of aromatic nitrogens is 1. The summed E-state index contributed by atoms with van der Waals surface area (Å²) in [5.74, 6) is -0.181. The van der Waals surface area contributed by atoms with Crippen molar-refractivity contribution in [3.8, 4) is 5.75 Å². The number of fused-ring (bicyclic) bond motifs is 2. The van der Waals surface area contributed by atoms with E-state index in [-0.39, 0.29) is 10.8 Å². The van der Waals surface area contributed by atoms with Crippen LogP contribution in [0.5, 0.6) is 5.75 Å². The first-order valence-corrected chi connectivity index (χ1v) is 17.2. The highest BCUT2D eigenvalue weighted by Crippen LogP contribution is 2.43. The number of para-hydroxylation sites is 1. The molecule has 0 saturated heterocycles. The maximum Gasteiger partial charge on any atom is 0.415 e. The number of carbonyl (C=O) groups is 2. The second kappa shape index (κ2) is 13.1. The Morgan fingerprint density at radius 1 is 1.00 bits per heavy atom. The lowest BCUT2D eigenvalue weighted by atomic mass is 9.88. The number of rotatable bonds is 9. The van der Waals surface area contributed by atoms with E-state index in [2.05, 4.69) is 25.8 Å². The highest BCUT2D eigenvalue weighted by molar-refractivity contribution is 8.00. The van der Waals surface area contributed by atoms with Crippen LogP contribution in [0.3, 0.4) is 0 Å². The number of anilines is 1. The van der Waals surface area contributed by atoms with Crippen molar-refractivity contribution in [2.24, 2.45) is 5.41 Å². The molecule has 47 heavy (non-hydrogen) atoms. The monoisotopic (exact) mass is 676 g/mol. The zero-order chi connectivity index (χ0) is 34.3. The van der Waals surface area contributed by atoms with Gasteiger partial charge in [0.25, 0.3) is 0 Å². The molecule has 9 heteroatoms. The number of carboxylic acid groups (broad SMARTS) is 1. The van der Waals surface area contributed by atoms with Gasteiger partial charge in [0.15, 0.2) is 0 Å². The van der Waals surface area contributed by atoms with Crippen LogP contribution in [0.4, 0.5) is 10.5 Å². The molecular formula is C38H45ClN2O5S. The number of benzene rings is 3. The Balaban J connectivity index is 1.57.